The zero-order chi connectivity index (χ0) is 18.1. The minimum atomic E-state index is -4.66. The average Bonchev–Trinajstić information content (AvgIpc) is 3.24. The molecule has 139 valence electrons. The third-order valence-corrected chi connectivity index (χ3v) is 2.62. The Kier molecular flexibility index (Phi) is 13.5. The largest absolute Gasteiger partial charge is 3.00 e. The minimum Gasteiger partial charge on any atom is -1.00 e. The molecule has 0 spiro atoms. The number of benzene rings is 1. The Bertz CT molecular complexity index is 535. The summed E-state index contributed by atoms with van der Waals surface area (Å²) in [6.45, 7) is 0. The van der Waals surface area contributed by atoms with Crippen LogP contribution in [0.5, 0.6) is 0 Å². The Balaban J connectivity index is 0. The molecule has 0 aromatic heterocycles. The summed E-state index contributed by atoms with van der Waals surface area (Å²) < 4.78 is 71.5. The molecule has 0 amide bonds. The molecular weight excluding hydrogens is 414 g/mol. The number of alkyl halides is 6. The molecule has 3 rings (SSSR count). The quantitative estimate of drug-likeness (QED) is 0.340. The molecule has 0 saturated heterocycles. The summed E-state index contributed by atoms with van der Waals surface area (Å²) in [6.07, 6.45) is 10.7. The molecule has 0 bridgehead atoms. The van der Waals surface area contributed by atoms with Crippen LogP contribution in [-0.4, -0.2) is 0 Å². The van der Waals surface area contributed by atoms with Gasteiger partial charge in [0.05, 0.1) is 0 Å². The molecule has 26 heavy (non-hydrogen) atoms. The van der Waals surface area contributed by atoms with E-state index in [2.05, 4.69) is 24.3 Å². The first-order valence-electron chi connectivity index (χ1n) is 6.81. The van der Waals surface area contributed by atoms with Gasteiger partial charge in [-0.1, -0.05) is 11.1 Å². The fourth-order valence-electron chi connectivity index (χ4n) is 1.46. The van der Waals surface area contributed by atoms with Gasteiger partial charge in [-0.15, -0.1) is 12.8 Å². The van der Waals surface area contributed by atoms with Crippen LogP contribution in [0, 0.1) is 18.2 Å². The van der Waals surface area contributed by atoms with Crippen molar-refractivity contribution >= 4 is 0 Å². The topological polar surface area (TPSA) is 0 Å². The van der Waals surface area contributed by atoms with E-state index in [4.69, 9.17) is 0 Å². The van der Waals surface area contributed by atoms with Gasteiger partial charge in [-0.2, -0.15) is 62.8 Å². The third kappa shape index (κ3) is 11.4. The molecule has 2 aliphatic rings. The summed E-state index contributed by atoms with van der Waals surface area (Å²) in [7, 11) is 0. The molecular formula is C18H13ClF6Ti-. The van der Waals surface area contributed by atoms with Gasteiger partial charge in [-0.05, 0) is 0 Å². The Morgan fingerprint density at radius 1 is 0.769 bits per heavy atom. The van der Waals surface area contributed by atoms with E-state index in [9.17, 15) is 26.3 Å². The number of rotatable bonds is 0. The second kappa shape index (κ2) is 13.0. The molecule has 0 nitrogen and oxygen atoms in total. The van der Waals surface area contributed by atoms with Crippen LogP contribution in [0.1, 0.15) is 24.0 Å². The van der Waals surface area contributed by atoms with Gasteiger partial charge in [0.15, 0.2) is 0 Å². The van der Waals surface area contributed by atoms with E-state index in [-0.39, 0.29) is 40.2 Å². The Hall–Kier alpha value is -1.24. The Labute approximate surface area is 169 Å². The van der Waals surface area contributed by atoms with Crippen molar-refractivity contribution in [2.75, 3.05) is 0 Å². The molecule has 0 atom stereocenters. The van der Waals surface area contributed by atoms with Crippen LogP contribution >= 0.6 is 0 Å². The molecule has 0 saturated carbocycles. The molecule has 0 fully saturated rings. The Morgan fingerprint density at radius 2 is 1.27 bits per heavy atom. The first kappa shape index (κ1) is 27.0. The van der Waals surface area contributed by atoms with Gasteiger partial charge in [-0.3, -0.25) is 12.2 Å². The van der Waals surface area contributed by atoms with Crippen molar-refractivity contribution in [3.8, 4) is 0 Å². The number of hydrogen-bond acceptors (Lipinski definition) is 0. The number of allylic oxidation sites excluding steroid dienone is 8. The first-order valence-corrected chi connectivity index (χ1v) is 6.81. The van der Waals surface area contributed by atoms with E-state index in [1.165, 1.54) is 6.07 Å². The van der Waals surface area contributed by atoms with Crippen LogP contribution < -0.4 is 12.4 Å². The van der Waals surface area contributed by atoms with Crippen molar-refractivity contribution in [1.82, 2.24) is 0 Å². The second-order valence-corrected chi connectivity index (χ2v) is 4.49. The van der Waals surface area contributed by atoms with Crippen molar-refractivity contribution in [1.29, 1.82) is 0 Å². The standard InChI is InChI=1S/C8H3F6.2C5H5.ClH.Ti/c9-7(10,11)5-1-2-6(4-3-5)8(12,13)14;2*1-2-4-5-3-1;;/h1-3H;2*1-3H,4H2;1H;/q3*-1;;+3/p-1. The van der Waals surface area contributed by atoms with Crippen molar-refractivity contribution < 1.29 is 60.5 Å². The smallest absolute Gasteiger partial charge is 1.00 e. The predicted octanol–water partition coefficient (Wildman–Crippen LogP) is 3.14. The molecule has 8 heteroatoms. The van der Waals surface area contributed by atoms with Crippen LogP contribution in [0.4, 0.5) is 26.3 Å². The molecule has 1 aromatic carbocycles. The third-order valence-electron chi connectivity index (χ3n) is 2.62. The van der Waals surface area contributed by atoms with Gasteiger partial charge in [0.1, 0.15) is 0 Å². The van der Waals surface area contributed by atoms with E-state index < -0.39 is 23.5 Å². The van der Waals surface area contributed by atoms with E-state index in [1.54, 1.807) is 0 Å². The molecule has 0 unspecified atom stereocenters. The average molecular weight is 427 g/mol. The van der Waals surface area contributed by atoms with Crippen LogP contribution in [0.25, 0.3) is 0 Å². The molecule has 0 heterocycles. The summed E-state index contributed by atoms with van der Waals surface area (Å²) in [5, 5.41) is 0. The van der Waals surface area contributed by atoms with Crippen molar-refractivity contribution in [3.05, 3.63) is 84.0 Å². The molecule has 1 radical (unpaired) electrons. The first-order chi connectivity index (χ1) is 11.2. The molecule has 2 aliphatic carbocycles. The summed E-state index contributed by atoms with van der Waals surface area (Å²) >= 11 is 0. The number of hydrogen-bond donors (Lipinski definition) is 0. The van der Waals surface area contributed by atoms with Crippen LogP contribution in [-0.2, 0) is 34.1 Å². The van der Waals surface area contributed by atoms with E-state index >= 15 is 0 Å². The summed E-state index contributed by atoms with van der Waals surface area (Å²) in [5.74, 6) is 0. The maximum Gasteiger partial charge on any atom is 3.00 e. The van der Waals surface area contributed by atoms with Gasteiger partial charge < -0.3 is 12.4 Å². The van der Waals surface area contributed by atoms with Crippen LogP contribution in [0.2, 0.25) is 0 Å². The SMILES string of the molecule is FC(F)(F)c1[c-]cc(C(F)(F)F)cc1.[C-]1=CC=CC1.[C-]1=CC=CC1.[Cl-].[Ti+3]. The summed E-state index contributed by atoms with van der Waals surface area (Å²) in [5.41, 5.74) is -2.36. The van der Waals surface area contributed by atoms with Gasteiger partial charge >= 0.3 is 34.1 Å². The summed E-state index contributed by atoms with van der Waals surface area (Å²) in [6, 6.07) is 2.54. The fraction of sp³-hybridized carbons (Fsp3) is 0.222. The summed E-state index contributed by atoms with van der Waals surface area (Å²) in [4.78, 5) is 0. The maximum atomic E-state index is 11.9. The fourth-order valence-corrected chi connectivity index (χ4v) is 1.46. The molecule has 0 aliphatic heterocycles. The van der Waals surface area contributed by atoms with E-state index in [1.807, 2.05) is 24.3 Å². The normalized spacial score (nSPS) is 13.8. The van der Waals surface area contributed by atoms with Crippen molar-refractivity contribution in [3.63, 3.8) is 0 Å². The van der Waals surface area contributed by atoms with Crippen molar-refractivity contribution in [2.24, 2.45) is 0 Å². The minimum absolute atomic E-state index is 0. The van der Waals surface area contributed by atoms with Crippen molar-refractivity contribution in [2.45, 2.75) is 25.2 Å². The molecule has 0 N–H and O–H groups in total. The monoisotopic (exact) mass is 426 g/mol. The van der Waals surface area contributed by atoms with E-state index in [0.717, 1.165) is 12.8 Å². The van der Waals surface area contributed by atoms with Gasteiger partial charge in [0, 0.05) is 0 Å². The number of halogens is 7. The zero-order valence-corrected chi connectivity index (χ0v) is 15.6. The second-order valence-electron chi connectivity index (χ2n) is 4.49. The van der Waals surface area contributed by atoms with Gasteiger partial charge in [0.2, 0.25) is 0 Å². The van der Waals surface area contributed by atoms with E-state index in [0.29, 0.717) is 12.1 Å². The van der Waals surface area contributed by atoms with Gasteiger partial charge in [0.25, 0.3) is 0 Å². The predicted molar refractivity (Wildman–Crippen MR) is 78.4 cm³/mol. The zero-order valence-electron chi connectivity index (χ0n) is 13.3. The van der Waals surface area contributed by atoms with Crippen LogP contribution in [0.15, 0.2) is 54.7 Å². The maximum absolute atomic E-state index is 11.9. The molecule has 1 aromatic rings. The Morgan fingerprint density at radius 3 is 1.46 bits per heavy atom. The van der Waals surface area contributed by atoms with Gasteiger partial charge in [-0.25, -0.2) is 24.3 Å². The van der Waals surface area contributed by atoms with Crippen LogP contribution in [0.3, 0.4) is 0 Å².